The van der Waals surface area contributed by atoms with Crippen molar-refractivity contribution in [1.29, 1.82) is 0 Å². The number of rotatable bonds is 5. The van der Waals surface area contributed by atoms with Crippen molar-refractivity contribution in [3.63, 3.8) is 0 Å². The monoisotopic (exact) mass is 456 g/mol. The molecule has 1 N–H and O–H groups in total. The molecule has 8 nitrogen and oxygen atoms in total. The van der Waals surface area contributed by atoms with Gasteiger partial charge in [0.1, 0.15) is 5.76 Å². The second-order valence-electron chi connectivity index (χ2n) is 7.80. The van der Waals surface area contributed by atoms with Crippen LogP contribution in [0.1, 0.15) is 50.8 Å². The van der Waals surface area contributed by atoms with Gasteiger partial charge in [0.2, 0.25) is 0 Å². The number of esters is 1. The maximum absolute atomic E-state index is 13.2. The molecule has 0 unspecified atom stereocenters. The topological polar surface area (TPSA) is 112 Å². The molecule has 1 aliphatic carbocycles. The number of para-hydroxylation sites is 1. The Hall–Kier alpha value is -4.46. The molecule has 4 aromatic rings. The van der Waals surface area contributed by atoms with Gasteiger partial charge in [-0.25, -0.2) is 9.78 Å². The summed E-state index contributed by atoms with van der Waals surface area (Å²) in [5.74, 6) is -1.40. The van der Waals surface area contributed by atoms with Crippen LogP contribution in [0.3, 0.4) is 0 Å². The van der Waals surface area contributed by atoms with Crippen molar-refractivity contribution in [2.24, 2.45) is 0 Å². The van der Waals surface area contributed by atoms with Gasteiger partial charge in [-0.1, -0.05) is 18.2 Å². The molecule has 170 valence electrons. The lowest BCUT2D eigenvalue weighted by Gasteiger charge is -2.22. The van der Waals surface area contributed by atoms with E-state index in [1.165, 1.54) is 18.4 Å². The highest BCUT2D eigenvalue weighted by Crippen LogP contribution is 2.36. The van der Waals surface area contributed by atoms with E-state index in [1.54, 1.807) is 6.26 Å². The van der Waals surface area contributed by atoms with Crippen molar-refractivity contribution >= 4 is 40.3 Å². The lowest BCUT2D eigenvalue weighted by molar-refractivity contribution is -0.123. The van der Waals surface area contributed by atoms with E-state index in [1.807, 2.05) is 42.5 Å². The minimum atomic E-state index is -0.750. The normalized spacial score (nSPS) is 14.1. The Bertz CT molecular complexity index is 1400. The molecular weight excluding hydrogens is 436 g/mol. The summed E-state index contributed by atoms with van der Waals surface area (Å²) in [6.45, 7) is -0.605. The zero-order chi connectivity index (χ0) is 23.5. The van der Waals surface area contributed by atoms with Crippen LogP contribution in [0, 0.1) is 0 Å². The van der Waals surface area contributed by atoms with Crippen molar-refractivity contribution in [3.05, 3.63) is 89.4 Å². The van der Waals surface area contributed by atoms with E-state index in [0.29, 0.717) is 28.6 Å². The number of carbonyl (C=O) groups is 3. The first-order valence-corrected chi connectivity index (χ1v) is 10.8. The summed E-state index contributed by atoms with van der Waals surface area (Å²) in [6.07, 6.45) is 7.14. The minimum Gasteiger partial charge on any atom is -0.465 e. The standard InChI is InChI=1S/C26H20N2O6/c29-22(28-25(30)21-11-5-13-33-21)15-34-26(31)23-18-8-1-2-10-20(18)27-24-16(6-3-9-19(23)24)14-17-7-4-12-32-17/h1-2,4-5,7-8,10-14H,3,6,9,15H2,(H,28,29,30)/b16-14+. The second-order valence-corrected chi connectivity index (χ2v) is 7.80. The van der Waals surface area contributed by atoms with Crippen LogP contribution < -0.4 is 5.32 Å². The number of allylic oxidation sites excluding steroid dienone is 1. The molecule has 8 heteroatoms. The number of hydrogen-bond acceptors (Lipinski definition) is 7. The fourth-order valence-electron chi connectivity index (χ4n) is 4.09. The van der Waals surface area contributed by atoms with Gasteiger partial charge in [-0.05, 0) is 66.8 Å². The van der Waals surface area contributed by atoms with E-state index in [4.69, 9.17) is 18.6 Å². The van der Waals surface area contributed by atoms with E-state index in [-0.39, 0.29) is 5.76 Å². The number of fused-ring (bicyclic) bond motifs is 2. The van der Waals surface area contributed by atoms with Crippen molar-refractivity contribution in [2.45, 2.75) is 19.3 Å². The average molecular weight is 456 g/mol. The van der Waals surface area contributed by atoms with E-state index in [9.17, 15) is 14.4 Å². The van der Waals surface area contributed by atoms with Gasteiger partial charge in [-0.3, -0.25) is 14.9 Å². The Balaban J connectivity index is 1.44. The summed E-state index contributed by atoms with van der Waals surface area (Å²) in [7, 11) is 0. The van der Waals surface area contributed by atoms with Gasteiger partial charge < -0.3 is 13.6 Å². The summed E-state index contributed by atoms with van der Waals surface area (Å²) in [6, 6.07) is 14.0. The highest BCUT2D eigenvalue weighted by molar-refractivity contribution is 6.08. The molecule has 3 aromatic heterocycles. The van der Waals surface area contributed by atoms with Crippen LogP contribution in [0.4, 0.5) is 0 Å². The number of hydrogen-bond donors (Lipinski definition) is 1. The number of aromatic nitrogens is 1. The average Bonchev–Trinajstić information content (AvgIpc) is 3.56. The number of imide groups is 1. The zero-order valence-electron chi connectivity index (χ0n) is 18.1. The first-order chi connectivity index (χ1) is 16.6. The zero-order valence-corrected chi connectivity index (χ0v) is 18.1. The van der Waals surface area contributed by atoms with Crippen LogP contribution in [-0.4, -0.2) is 29.4 Å². The molecule has 1 aromatic carbocycles. The fourth-order valence-corrected chi connectivity index (χ4v) is 4.09. The molecule has 1 aliphatic rings. The molecule has 0 radical (unpaired) electrons. The Morgan fingerprint density at radius 2 is 1.82 bits per heavy atom. The molecule has 2 amide bonds. The van der Waals surface area contributed by atoms with Crippen molar-refractivity contribution in [1.82, 2.24) is 10.3 Å². The third-order valence-electron chi connectivity index (χ3n) is 5.57. The van der Waals surface area contributed by atoms with E-state index in [0.717, 1.165) is 29.7 Å². The first-order valence-electron chi connectivity index (χ1n) is 10.8. The summed E-state index contributed by atoms with van der Waals surface area (Å²) in [5, 5.41) is 2.79. The first kappa shape index (κ1) is 21.4. The van der Waals surface area contributed by atoms with Gasteiger partial charge >= 0.3 is 5.97 Å². The van der Waals surface area contributed by atoms with Gasteiger partial charge in [0.05, 0.1) is 29.3 Å². The molecule has 0 spiro atoms. The molecule has 0 bridgehead atoms. The fraction of sp³-hybridized carbons (Fsp3) is 0.154. The third-order valence-corrected chi connectivity index (χ3v) is 5.57. The third kappa shape index (κ3) is 4.25. The predicted octanol–water partition coefficient (Wildman–Crippen LogP) is 4.41. The SMILES string of the molecule is O=C(COC(=O)c1c2c(nc3ccccc13)/C(=C/c1ccco1)CCC2)NC(=O)c1ccco1. The molecule has 0 atom stereocenters. The van der Waals surface area contributed by atoms with Crippen LogP contribution in [0.5, 0.6) is 0 Å². The predicted molar refractivity (Wildman–Crippen MR) is 123 cm³/mol. The number of pyridine rings is 1. The van der Waals surface area contributed by atoms with Gasteiger partial charge in [-0.15, -0.1) is 0 Å². The van der Waals surface area contributed by atoms with Crippen LogP contribution in [0.25, 0.3) is 22.6 Å². The quantitative estimate of drug-likeness (QED) is 0.443. The Morgan fingerprint density at radius 1 is 1.00 bits per heavy atom. The van der Waals surface area contributed by atoms with E-state index in [2.05, 4.69) is 5.32 Å². The molecule has 0 saturated heterocycles. The van der Waals surface area contributed by atoms with Gasteiger partial charge in [-0.2, -0.15) is 0 Å². The van der Waals surface area contributed by atoms with Crippen molar-refractivity contribution in [2.75, 3.05) is 6.61 Å². The molecule has 0 saturated carbocycles. The van der Waals surface area contributed by atoms with Gasteiger partial charge in [0.15, 0.2) is 12.4 Å². The highest BCUT2D eigenvalue weighted by Gasteiger charge is 2.26. The number of furan rings is 2. The Morgan fingerprint density at radius 3 is 2.62 bits per heavy atom. The van der Waals surface area contributed by atoms with Crippen molar-refractivity contribution < 1.29 is 28.0 Å². The summed E-state index contributed by atoms with van der Waals surface area (Å²) in [5.41, 5.74) is 3.51. The molecule has 0 aliphatic heterocycles. The van der Waals surface area contributed by atoms with Gasteiger partial charge in [0, 0.05) is 5.39 Å². The van der Waals surface area contributed by atoms with Crippen LogP contribution in [0.2, 0.25) is 0 Å². The molecule has 5 rings (SSSR count). The summed E-state index contributed by atoms with van der Waals surface area (Å²) < 4.78 is 15.7. The molecule has 3 heterocycles. The Kier molecular flexibility index (Phi) is 5.78. The number of amides is 2. The van der Waals surface area contributed by atoms with Crippen molar-refractivity contribution in [3.8, 4) is 0 Å². The molecular formula is C26H20N2O6. The van der Waals surface area contributed by atoms with Gasteiger partial charge in [0.25, 0.3) is 11.8 Å². The summed E-state index contributed by atoms with van der Waals surface area (Å²) >= 11 is 0. The maximum Gasteiger partial charge on any atom is 0.339 e. The van der Waals surface area contributed by atoms with E-state index < -0.39 is 24.4 Å². The van der Waals surface area contributed by atoms with Crippen LogP contribution >= 0.6 is 0 Å². The lowest BCUT2D eigenvalue weighted by Crippen LogP contribution is -2.34. The lowest BCUT2D eigenvalue weighted by atomic mass is 9.86. The largest absolute Gasteiger partial charge is 0.465 e. The second kappa shape index (κ2) is 9.19. The highest BCUT2D eigenvalue weighted by atomic mass is 16.5. The Labute approximate surface area is 194 Å². The molecule has 0 fully saturated rings. The smallest absolute Gasteiger partial charge is 0.339 e. The molecule has 34 heavy (non-hydrogen) atoms. The number of ether oxygens (including phenoxy) is 1. The minimum absolute atomic E-state index is 0.00949. The van der Waals surface area contributed by atoms with Crippen LogP contribution in [0.15, 0.2) is 69.9 Å². The number of nitrogens with one attached hydrogen (secondary N) is 1. The number of benzene rings is 1. The van der Waals surface area contributed by atoms with Crippen LogP contribution in [-0.2, 0) is 16.0 Å². The number of nitrogens with zero attached hydrogens (tertiary/aromatic N) is 1. The summed E-state index contributed by atoms with van der Waals surface area (Å²) in [4.78, 5) is 42.2. The van der Waals surface area contributed by atoms with E-state index >= 15 is 0 Å². The maximum atomic E-state index is 13.2. The number of carbonyl (C=O) groups excluding carboxylic acids is 3.